The van der Waals surface area contributed by atoms with E-state index in [1.807, 2.05) is 17.5 Å². The highest BCUT2D eigenvalue weighted by Crippen LogP contribution is 2.07. The van der Waals surface area contributed by atoms with Crippen molar-refractivity contribution in [2.24, 2.45) is 0 Å². The molecule has 0 spiro atoms. The van der Waals surface area contributed by atoms with Crippen LogP contribution in [0.3, 0.4) is 0 Å². The predicted octanol–water partition coefficient (Wildman–Crippen LogP) is 1.92. The van der Waals surface area contributed by atoms with Gasteiger partial charge in [0.1, 0.15) is 0 Å². The molecule has 1 aromatic rings. The number of thiophene rings is 1. The fraction of sp³-hybridized carbons (Fsp3) is 0.583. The highest BCUT2D eigenvalue weighted by Gasteiger charge is 2.04. The van der Waals surface area contributed by atoms with Crippen LogP contribution < -0.4 is 5.32 Å². The molecule has 0 aromatic carbocycles. The van der Waals surface area contributed by atoms with Crippen molar-refractivity contribution in [3.63, 3.8) is 0 Å². The zero-order chi connectivity index (χ0) is 12.3. The molecule has 5 heteroatoms. The highest BCUT2D eigenvalue weighted by molar-refractivity contribution is 7.12. The van der Waals surface area contributed by atoms with Gasteiger partial charge in [-0.25, -0.2) is 0 Å². The molecule has 0 aliphatic heterocycles. The van der Waals surface area contributed by atoms with Crippen LogP contribution in [0.15, 0.2) is 17.5 Å². The van der Waals surface area contributed by atoms with Crippen LogP contribution in [-0.2, 0) is 9.47 Å². The normalized spacial score (nSPS) is 10.4. The Bertz CT molecular complexity index is 301. The molecular formula is C12H19NO3S. The van der Waals surface area contributed by atoms with Crippen molar-refractivity contribution in [1.29, 1.82) is 0 Å². The van der Waals surface area contributed by atoms with Gasteiger partial charge in [-0.3, -0.25) is 4.79 Å². The van der Waals surface area contributed by atoms with Crippen LogP contribution in [0.2, 0.25) is 0 Å². The number of nitrogens with one attached hydrogen (secondary N) is 1. The maximum absolute atomic E-state index is 11.5. The molecule has 1 amide bonds. The molecular weight excluding hydrogens is 238 g/mol. The van der Waals surface area contributed by atoms with Crippen molar-refractivity contribution in [3.05, 3.63) is 22.4 Å². The lowest BCUT2D eigenvalue weighted by Gasteiger charge is -2.04. The average molecular weight is 257 g/mol. The second kappa shape index (κ2) is 9.15. The standard InChI is InChI=1S/C12H19NO3S/c1-15-8-9-16-7-3-2-6-13-12(14)11-5-4-10-17-11/h4-5,10H,2-3,6-9H2,1H3,(H,13,14). The largest absolute Gasteiger partial charge is 0.382 e. The molecule has 96 valence electrons. The van der Waals surface area contributed by atoms with E-state index in [9.17, 15) is 4.79 Å². The molecule has 0 aliphatic carbocycles. The Morgan fingerprint density at radius 2 is 2.24 bits per heavy atom. The second-order valence-corrected chi connectivity index (χ2v) is 4.49. The van der Waals surface area contributed by atoms with Gasteiger partial charge in [0, 0.05) is 20.3 Å². The first-order valence-corrected chi connectivity index (χ1v) is 6.61. The van der Waals surface area contributed by atoms with E-state index < -0.39 is 0 Å². The summed E-state index contributed by atoms with van der Waals surface area (Å²) in [6.07, 6.45) is 1.89. The maximum atomic E-state index is 11.5. The van der Waals surface area contributed by atoms with Gasteiger partial charge in [-0.15, -0.1) is 11.3 Å². The van der Waals surface area contributed by atoms with Gasteiger partial charge in [-0.2, -0.15) is 0 Å². The van der Waals surface area contributed by atoms with Crippen molar-refractivity contribution in [1.82, 2.24) is 5.32 Å². The van der Waals surface area contributed by atoms with Crippen LogP contribution in [0.25, 0.3) is 0 Å². The monoisotopic (exact) mass is 257 g/mol. The number of hydrogen-bond acceptors (Lipinski definition) is 4. The van der Waals surface area contributed by atoms with Crippen molar-refractivity contribution in [3.8, 4) is 0 Å². The van der Waals surface area contributed by atoms with Gasteiger partial charge >= 0.3 is 0 Å². The molecule has 0 bridgehead atoms. The second-order valence-electron chi connectivity index (χ2n) is 3.55. The summed E-state index contributed by atoms with van der Waals surface area (Å²) in [6.45, 7) is 2.69. The number of methoxy groups -OCH3 is 1. The number of unbranched alkanes of at least 4 members (excludes halogenated alkanes) is 1. The summed E-state index contributed by atoms with van der Waals surface area (Å²) in [4.78, 5) is 12.3. The molecule has 0 atom stereocenters. The summed E-state index contributed by atoms with van der Waals surface area (Å²) < 4.78 is 10.2. The van der Waals surface area contributed by atoms with Crippen LogP contribution in [0, 0.1) is 0 Å². The molecule has 0 fully saturated rings. The minimum absolute atomic E-state index is 0.0142. The van der Waals surface area contributed by atoms with Gasteiger partial charge in [-0.1, -0.05) is 6.07 Å². The molecule has 0 saturated heterocycles. The van der Waals surface area contributed by atoms with E-state index in [1.165, 1.54) is 11.3 Å². The van der Waals surface area contributed by atoms with Gasteiger partial charge in [0.2, 0.25) is 0 Å². The topological polar surface area (TPSA) is 47.6 Å². The van der Waals surface area contributed by atoms with Gasteiger partial charge in [0.05, 0.1) is 18.1 Å². The van der Waals surface area contributed by atoms with Crippen molar-refractivity contribution in [2.75, 3.05) is 33.5 Å². The van der Waals surface area contributed by atoms with Gasteiger partial charge in [0.25, 0.3) is 5.91 Å². The third kappa shape index (κ3) is 6.41. The molecule has 1 aromatic heterocycles. The Balaban J connectivity index is 1.92. The number of ether oxygens (including phenoxy) is 2. The molecule has 0 unspecified atom stereocenters. The average Bonchev–Trinajstić information content (AvgIpc) is 2.86. The number of hydrogen-bond donors (Lipinski definition) is 1. The molecule has 1 heterocycles. The first kappa shape index (κ1) is 14.2. The van der Waals surface area contributed by atoms with Crippen LogP contribution in [0.4, 0.5) is 0 Å². The predicted molar refractivity (Wildman–Crippen MR) is 68.6 cm³/mol. The minimum Gasteiger partial charge on any atom is -0.382 e. The summed E-state index contributed by atoms with van der Waals surface area (Å²) in [5.74, 6) is 0.0142. The Morgan fingerprint density at radius 3 is 2.94 bits per heavy atom. The molecule has 1 rings (SSSR count). The summed E-state index contributed by atoms with van der Waals surface area (Å²) in [5.41, 5.74) is 0. The Morgan fingerprint density at radius 1 is 1.35 bits per heavy atom. The van der Waals surface area contributed by atoms with Crippen LogP contribution >= 0.6 is 11.3 Å². The van der Waals surface area contributed by atoms with Crippen LogP contribution in [-0.4, -0.2) is 39.4 Å². The van der Waals surface area contributed by atoms with Crippen molar-refractivity contribution in [2.45, 2.75) is 12.8 Å². The van der Waals surface area contributed by atoms with Gasteiger partial charge < -0.3 is 14.8 Å². The van der Waals surface area contributed by atoms with E-state index in [-0.39, 0.29) is 5.91 Å². The molecule has 1 N–H and O–H groups in total. The molecule has 4 nitrogen and oxygen atoms in total. The third-order valence-electron chi connectivity index (χ3n) is 2.18. The third-order valence-corrected chi connectivity index (χ3v) is 3.05. The van der Waals surface area contributed by atoms with E-state index in [4.69, 9.17) is 9.47 Å². The molecule has 0 saturated carbocycles. The first-order valence-electron chi connectivity index (χ1n) is 5.73. The summed E-state index contributed by atoms with van der Waals surface area (Å²) >= 11 is 1.46. The van der Waals surface area contributed by atoms with Crippen molar-refractivity contribution < 1.29 is 14.3 Å². The smallest absolute Gasteiger partial charge is 0.261 e. The molecule has 0 radical (unpaired) electrons. The molecule has 17 heavy (non-hydrogen) atoms. The first-order chi connectivity index (χ1) is 8.34. The van der Waals surface area contributed by atoms with E-state index in [0.29, 0.717) is 19.8 Å². The highest BCUT2D eigenvalue weighted by atomic mass is 32.1. The Kier molecular flexibility index (Phi) is 7.62. The Hall–Kier alpha value is -0.910. The summed E-state index contributed by atoms with van der Waals surface area (Å²) in [5, 5.41) is 4.78. The number of rotatable bonds is 9. The van der Waals surface area contributed by atoms with Gasteiger partial charge in [0.15, 0.2) is 0 Å². The Labute approximate surface area is 106 Å². The SMILES string of the molecule is COCCOCCCCNC(=O)c1cccs1. The summed E-state index contributed by atoms with van der Waals surface area (Å²) in [7, 11) is 1.66. The maximum Gasteiger partial charge on any atom is 0.261 e. The van der Waals surface area contributed by atoms with Crippen molar-refractivity contribution >= 4 is 17.2 Å². The zero-order valence-corrected chi connectivity index (χ0v) is 10.9. The number of carbonyl (C=O) groups is 1. The van der Waals surface area contributed by atoms with E-state index >= 15 is 0 Å². The number of amides is 1. The fourth-order valence-corrected chi connectivity index (χ4v) is 1.91. The lowest BCUT2D eigenvalue weighted by molar-refractivity contribution is 0.0686. The quantitative estimate of drug-likeness (QED) is 0.688. The molecule has 0 aliphatic rings. The van der Waals surface area contributed by atoms with Crippen LogP contribution in [0.1, 0.15) is 22.5 Å². The van der Waals surface area contributed by atoms with E-state index in [2.05, 4.69) is 5.32 Å². The van der Waals surface area contributed by atoms with E-state index in [0.717, 1.165) is 24.3 Å². The number of carbonyl (C=O) groups excluding carboxylic acids is 1. The van der Waals surface area contributed by atoms with Gasteiger partial charge in [-0.05, 0) is 24.3 Å². The van der Waals surface area contributed by atoms with E-state index in [1.54, 1.807) is 7.11 Å². The summed E-state index contributed by atoms with van der Waals surface area (Å²) in [6, 6.07) is 3.71. The van der Waals surface area contributed by atoms with Crippen LogP contribution in [0.5, 0.6) is 0 Å². The fourth-order valence-electron chi connectivity index (χ4n) is 1.27. The lowest BCUT2D eigenvalue weighted by atomic mass is 10.3. The lowest BCUT2D eigenvalue weighted by Crippen LogP contribution is -2.23. The zero-order valence-electron chi connectivity index (χ0n) is 10.1. The minimum atomic E-state index is 0.0142.